The molecule has 0 heterocycles. The van der Waals surface area contributed by atoms with E-state index in [4.69, 9.17) is 9.31 Å². The molecule has 0 aliphatic carbocycles. The van der Waals surface area contributed by atoms with Gasteiger partial charge in [0.15, 0.2) is 0 Å². The van der Waals surface area contributed by atoms with E-state index in [0.29, 0.717) is 0 Å². The maximum absolute atomic E-state index is 5.26. The molecule has 0 fully saturated rings. The monoisotopic (exact) mass is 162 g/mol. The Labute approximate surface area is 67.7 Å². The molecule has 0 aliphatic heterocycles. The lowest BCUT2D eigenvalue weighted by atomic mass is 10.3. The molecule has 0 saturated carbocycles. The van der Waals surface area contributed by atoms with Crippen LogP contribution in [0.2, 0.25) is 0 Å². The summed E-state index contributed by atoms with van der Waals surface area (Å²) < 4.78 is 10.5. The maximum atomic E-state index is 5.26. The molecular weight excluding hydrogens is 147 g/mol. The highest BCUT2D eigenvalue weighted by Gasteiger charge is 2.15. The molecule has 0 radical (unpaired) electrons. The molecule has 0 spiro atoms. The molecule has 0 aromatic heterocycles. The first kappa shape index (κ1) is 10.3. The van der Waals surface area contributed by atoms with Gasteiger partial charge in [0.2, 0.25) is 0 Å². The van der Waals surface area contributed by atoms with Gasteiger partial charge in [0.1, 0.15) is 0 Å². The Kier molecular flexibility index (Phi) is 7.69. The standard InChI is InChI=1S/C6H15BO2S/c1-4-8-7(9-5-2)10-6-3/h4-6H2,1-3H3. The smallest absolute Gasteiger partial charge is 0.402 e. The Morgan fingerprint density at radius 2 is 1.60 bits per heavy atom. The van der Waals surface area contributed by atoms with Gasteiger partial charge in [-0.3, -0.25) is 0 Å². The van der Waals surface area contributed by atoms with E-state index in [-0.39, 0.29) is 6.40 Å². The van der Waals surface area contributed by atoms with Gasteiger partial charge in [0.25, 0.3) is 0 Å². The third-order valence-electron chi connectivity index (χ3n) is 0.908. The predicted molar refractivity (Wildman–Crippen MR) is 47.1 cm³/mol. The van der Waals surface area contributed by atoms with Crippen molar-refractivity contribution in [1.29, 1.82) is 0 Å². The van der Waals surface area contributed by atoms with Gasteiger partial charge in [-0.2, -0.15) is 0 Å². The SMILES string of the molecule is CCOB(OCC)SCC. The van der Waals surface area contributed by atoms with E-state index >= 15 is 0 Å². The summed E-state index contributed by atoms with van der Waals surface area (Å²) in [5, 5.41) is 0. The number of rotatable bonds is 6. The van der Waals surface area contributed by atoms with Crippen LogP contribution in [0.1, 0.15) is 20.8 Å². The van der Waals surface area contributed by atoms with Gasteiger partial charge in [0.05, 0.1) is 0 Å². The van der Waals surface area contributed by atoms with Crippen LogP contribution in [0, 0.1) is 0 Å². The second kappa shape index (κ2) is 7.44. The Hall–Kier alpha value is 0.335. The van der Waals surface area contributed by atoms with Gasteiger partial charge in [-0.1, -0.05) is 6.92 Å². The third kappa shape index (κ3) is 5.15. The molecule has 0 rings (SSSR count). The quantitative estimate of drug-likeness (QED) is 0.554. The van der Waals surface area contributed by atoms with E-state index in [0.717, 1.165) is 19.0 Å². The highest BCUT2D eigenvalue weighted by atomic mass is 32.2. The lowest BCUT2D eigenvalue weighted by Crippen LogP contribution is -2.19. The predicted octanol–water partition coefficient (Wildman–Crippen LogP) is 1.80. The van der Waals surface area contributed by atoms with Crippen LogP contribution in [0.15, 0.2) is 0 Å². The zero-order valence-corrected chi connectivity index (χ0v) is 7.74. The fourth-order valence-corrected chi connectivity index (χ4v) is 1.29. The zero-order chi connectivity index (χ0) is 7.82. The largest absolute Gasteiger partial charge is 0.531 e. The molecule has 0 aromatic carbocycles. The van der Waals surface area contributed by atoms with Crippen molar-refractivity contribution in [2.24, 2.45) is 0 Å². The number of hydrogen-bond donors (Lipinski definition) is 0. The van der Waals surface area contributed by atoms with Crippen LogP contribution < -0.4 is 0 Å². The van der Waals surface area contributed by atoms with E-state index in [1.54, 1.807) is 11.6 Å². The van der Waals surface area contributed by atoms with Crippen molar-refractivity contribution in [3.8, 4) is 0 Å². The summed E-state index contributed by atoms with van der Waals surface area (Å²) in [7, 11) is 0. The highest BCUT2D eigenvalue weighted by Crippen LogP contribution is 2.07. The van der Waals surface area contributed by atoms with Gasteiger partial charge < -0.3 is 9.31 Å². The normalized spacial score (nSPS) is 9.90. The summed E-state index contributed by atoms with van der Waals surface area (Å²) in [5.74, 6) is 1.03. The van der Waals surface area contributed by atoms with Crippen LogP contribution >= 0.6 is 11.6 Å². The highest BCUT2D eigenvalue weighted by molar-refractivity contribution is 8.24. The van der Waals surface area contributed by atoms with E-state index in [2.05, 4.69) is 6.92 Å². The first-order valence-corrected chi connectivity index (χ1v) is 4.74. The summed E-state index contributed by atoms with van der Waals surface area (Å²) in [6, 6.07) is 0. The lowest BCUT2D eigenvalue weighted by molar-refractivity contribution is 0.233. The molecule has 2 nitrogen and oxygen atoms in total. The average Bonchev–Trinajstić information content (AvgIpc) is 1.90. The lowest BCUT2D eigenvalue weighted by Gasteiger charge is -2.09. The second-order valence-corrected chi connectivity index (χ2v) is 2.95. The first-order chi connectivity index (χ1) is 4.85. The van der Waals surface area contributed by atoms with Gasteiger partial charge in [-0.05, 0) is 19.6 Å². The topological polar surface area (TPSA) is 18.5 Å². The van der Waals surface area contributed by atoms with Crippen molar-refractivity contribution in [2.45, 2.75) is 20.8 Å². The van der Waals surface area contributed by atoms with Gasteiger partial charge in [0, 0.05) is 13.2 Å². The summed E-state index contributed by atoms with van der Waals surface area (Å²) >= 11 is 1.68. The minimum absolute atomic E-state index is 0.0556. The van der Waals surface area contributed by atoms with Crippen LogP contribution in [-0.2, 0) is 9.31 Å². The minimum Gasteiger partial charge on any atom is -0.402 e. The second-order valence-electron chi connectivity index (χ2n) is 1.65. The van der Waals surface area contributed by atoms with Crippen LogP contribution in [0.3, 0.4) is 0 Å². The molecule has 10 heavy (non-hydrogen) atoms. The van der Waals surface area contributed by atoms with Crippen LogP contribution in [-0.4, -0.2) is 25.4 Å². The van der Waals surface area contributed by atoms with E-state index in [9.17, 15) is 0 Å². The Morgan fingerprint density at radius 1 is 1.10 bits per heavy atom. The zero-order valence-electron chi connectivity index (χ0n) is 6.92. The third-order valence-corrected chi connectivity index (χ3v) is 1.79. The summed E-state index contributed by atoms with van der Waals surface area (Å²) in [6.45, 7) is 7.48. The Balaban J connectivity index is 3.30. The molecule has 0 atom stereocenters. The number of hydrogen-bond acceptors (Lipinski definition) is 3. The average molecular weight is 162 g/mol. The van der Waals surface area contributed by atoms with Crippen LogP contribution in [0.5, 0.6) is 0 Å². The van der Waals surface area contributed by atoms with E-state index < -0.39 is 0 Å². The van der Waals surface area contributed by atoms with Gasteiger partial charge >= 0.3 is 6.40 Å². The Morgan fingerprint density at radius 3 is 1.90 bits per heavy atom. The molecule has 0 saturated heterocycles. The van der Waals surface area contributed by atoms with Crippen LogP contribution in [0.4, 0.5) is 0 Å². The van der Waals surface area contributed by atoms with Crippen molar-refractivity contribution < 1.29 is 9.31 Å². The Bertz CT molecular complexity index is 58.5. The summed E-state index contributed by atoms with van der Waals surface area (Å²) in [6.07, 6.45) is -0.0556. The van der Waals surface area contributed by atoms with Gasteiger partial charge in [-0.25, -0.2) is 0 Å². The molecule has 0 bridgehead atoms. The maximum Gasteiger partial charge on any atom is 0.531 e. The molecule has 0 N–H and O–H groups in total. The fourth-order valence-electron chi connectivity index (χ4n) is 0.553. The molecule has 4 heteroatoms. The summed E-state index contributed by atoms with van der Waals surface area (Å²) in [4.78, 5) is 0. The molecule has 60 valence electrons. The van der Waals surface area contributed by atoms with E-state index in [1.165, 1.54) is 0 Å². The molecule has 0 amide bonds. The van der Waals surface area contributed by atoms with Crippen molar-refractivity contribution in [3.63, 3.8) is 0 Å². The van der Waals surface area contributed by atoms with E-state index in [1.807, 2.05) is 13.8 Å². The van der Waals surface area contributed by atoms with Crippen molar-refractivity contribution in [1.82, 2.24) is 0 Å². The van der Waals surface area contributed by atoms with Crippen molar-refractivity contribution in [2.75, 3.05) is 19.0 Å². The summed E-state index contributed by atoms with van der Waals surface area (Å²) in [5.41, 5.74) is 0. The molecule has 0 aliphatic rings. The van der Waals surface area contributed by atoms with Gasteiger partial charge in [-0.15, -0.1) is 11.6 Å². The molecular formula is C6H15BO2S. The minimum atomic E-state index is -0.0556. The fraction of sp³-hybridized carbons (Fsp3) is 1.00. The van der Waals surface area contributed by atoms with Crippen molar-refractivity contribution in [3.05, 3.63) is 0 Å². The molecule has 0 aromatic rings. The van der Waals surface area contributed by atoms with Crippen LogP contribution in [0.25, 0.3) is 0 Å². The van der Waals surface area contributed by atoms with Crippen molar-refractivity contribution >= 4 is 18.0 Å². The first-order valence-electron chi connectivity index (χ1n) is 3.69. The molecule has 0 unspecified atom stereocenters.